The van der Waals surface area contributed by atoms with Gasteiger partial charge in [0.05, 0.1) is 19.1 Å². The summed E-state index contributed by atoms with van der Waals surface area (Å²) in [6, 6.07) is 9.01. The third-order valence-corrected chi connectivity index (χ3v) is 5.19. The summed E-state index contributed by atoms with van der Waals surface area (Å²) in [6.45, 7) is 8.61. The number of allylic oxidation sites excluding steroid dienone is 5. The molecule has 0 aliphatic heterocycles. The van der Waals surface area contributed by atoms with Crippen molar-refractivity contribution >= 4 is 5.57 Å². The first-order chi connectivity index (χ1) is 14.1. The lowest BCUT2D eigenvalue weighted by Gasteiger charge is -2.14. The Morgan fingerprint density at radius 2 is 1.90 bits per heavy atom. The fourth-order valence-corrected chi connectivity index (χ4v) is 3.37. The highest BCUT2D eigenvalue weighted by Gasteiger charge is 2.12. The van der Waals surface area contributed by atoms with Crippen LogP contribution in [0.2, 0.25) is 0 Å². The Hall–Kier alpha value is -2.61. The molecule has 1 aromatic carbocycles. The van der Waals surface area contributed by atoms with Crippen molar-refractivity contribution in [2.45, 2.75) is 59.8 Å². The molecule has 2 rings (SSSR count). The molecule has 0 N–H and O–H groups in total. The van der Waals surface area contributed by atoms with Crippen molar-refractivity contribution < 1.29 is 4.74 Å². The molecule has 0 saturated carbocycles. The van der Waals surface area contributed by atoms with Gasteiger partial charge in [-0.05, 0) is 74.1 Å². The molecule has 2 nitrogen and oxygen atoms in total. The summed E-state index contributed by atoms with van der Waals surface area (Å²) in [6.07, 6.45) is 18.0. The van der Waals surface area contributed by atoms with E-state index in [1.165, 1.54) is 53.5 Å². The zero-order valence-electron chi connectivity index (χ0n) is 18.7. The van der Waals surface area contributed by atoms with E-state index in [0.29, 0.717) is 0 Å². The number of nitrogens with zero attached hydrogens (tertiary/aromatic N) is 1. The average molecular weight is 390 g/mol. The quantitative estimate of drug-likeness (QED) is 0.237. The summed E-state index contributed by atoms with van der Waals surface area (Å²) < 4.78 is 5.06. The van der Waals surface area contributed by atoms with Crippen LogP contribution in [0.3, 0.4) is 0 Å². The lowest BCUT2D eigenvalue weighted by atomic mass is 9.94. The van der Waals surface area contributed by atoms with Crippen LogP contribution >= 0.6 is 0 Å². The Morgan fingerprint density at radius 3 is 2.59 bits per heavy atom. The first kappa shape index (κ1) is 22.7. The Labute approximate surface area is 177 Å². The molecule has 2 heteroatoms. The van der Waals surface area contributed by atoms with Crippen LogP contribution in [-0.4, -0.2) is 12.1 Å². The number of benzene rings is 1. The minimum atomic E-state index is 1.00. The first-order valence-corrected chi connectivity index (χ1v) is 10.7. The number of ether oxygens (including phenoxy) is 1. The molecule has 0 amide bonds. The number of aryl methyl sites for hydroxylation is 3. The number of pyridine rings is 1. The highest BCUT2D eigenvalue weighted by molar-refractivity contribution is 5.84. The number of hydrogen-bond acceptors (Lipinski definition) is 2. The SMILES string of the molecule is C\C=C/C(=C\C=C\OC)c1ncc(CCCCCC)cc1-c1ccc(C)c(C)c1. The van der Waals surface area contributed by atoms with E-state index in [-0.39, 0.29) is 0 Å². The van der Waals surface area contributed by atoms with Gasteiger partial charge in [-0.15, -0.1) is 0 Å². The van der Waals surface area contributed by atoms with E-state index in [1.807, 2.05) is 19.2 Å². The number of unbranched alkanes of at least 4 members (excludes halogenated alkanes) is 3. The zero-order chi connectivity index (χ0) is 21.1. The van der Waals surface area contributed by atoms with Crippen LogP contribution in [0.25, 0.3) is 16.7 Å². The second-order valence-corrected chi connectivity index (χ2v) is 7.54. The second kappa shape index (κ2) is 12.1. The Balaban J connectivity index is 2.51. The average Bonchev–Trinajstić information content (AvgIpc) is 2.73. The fourth-order valence-electron chi connectivity index (χ4n) is 3.37. The zero-order valence-corrected chi connectivity index (χ0v) is 18.7. The first-order valence-electron chi connectivity index (χ1n) is 10.7. The van der Waals surface area contributed by atoms with Gasteiger partial charge >= 0.3 is 0 Å². The van der Waals surface area contributed by atoms with E-state index in [2.05, 4.69) is 63.3 Å². The predicted molar refractivity (Wildman–Crippen MR) is 126 cm³/mol. The minimum Gasteiger partial charge on any atom is -0.504 e. The van der Waals surface area contributed by atoms with Crippen molar-refractivity contribution in [1.82, 2.24) is 4.98 Å². The summed E-state index contributed by atoms with van der Waals surface area (Å²) in [7, 11) is 1.66. The molecule has 2 aromatic rings. The van der Waals surface area contributed by atoms with Crippen LogP contribution in [0, 0.1) is 13.8 Å². The van der Waals surface area contributed by atoms with E-state index in [1.54, 1.807) is 13.4 Å². The normalized spacial score (nSPS) is 12.2. The summed E-state index contributed by atoms with van der Waals surface area (Å²) in [5, 5.41) is 0. The fraction of sp³-hybridized carbons (Fsp3) is 0.370. The summed E-state index contributed by atoms with van der Waals surface area (Å²) in [5.74, 6) is 0. The molecule has 0 fully saturated rings. The predicted octanol–water partition coefficient (Wildman–Crippen LogP) is 7.61. The van der Waals surface area contributed by atoms with Crippen molar-refractivity contribution in [3.63, 3.8) is 0 Å². The molecule has 0 bridgehead atoms. The number of methoxy groups -OCH3 is 1. The van der Waals surface area contributed by atoms with E-state index >= 15 is 0 Å². The molecule has 1 aromatic heterocycles. The number of rotatable bonds is 10. The van der Waals surface area contributed by atoms with E-state index in [4.69, 9.17) is 9.72 Å². The summed E-state index contributed by atoms with van der Waals surface area (Å²) in [5.41, 5.74) is 8.42. The van der Waals surface area contributed by atoms with Gasteiger partial charge < -0.3 is 4.74 Å². The van der Waals surface area contributed by atoms with Gasteiger partial charge in [0.1, 0.15) is 0 Å². The van der Waals surface area contributed by atoms with Crippen molar-refractivity contribution in [2.75, 3.05) is 7.11 Å². The van der Waals surface area contributed by atoms with Gasteiger partial charge in [-0.25, -0.2) is 0 Å². The monoisotopic (exact) mass is 389 g/mol. The maximum absolute atomic E-state index is 5.06. The summed E-state index contributed by atoms with van der Waals surface area (Å²) >= 11 is 0. The van der Waals surface area contributed by atoms with Crippen LogP contribution < -0.4 is 0 Å². The van der Waals surface area contributed by atoms with Crippen LogP contribution in [-0.2, 0) is 11.2 Å². The van der Waals surface area contributed by atoms with Crippen molar-refractivity contribution in [3.05, 3.63) is 83.4 Å². The molecule has 0 atom stereocenters. The molecule has 0 aliphatic carbocycles. The molecule has 0 saturated heterocycles. The van der Waals surface area contributed by atoms with Crippen LogP contribution in [0.4, 0.5) is 0 Å². The lowest BCUT2D eigenvalue weighted by Crippen LogP contribution is -1.97. The largest absolute Gasteiger partial charge is 0.504 e. The maximum Gasteiger partial charge on any atom is 0.0824 e. The molecule has 154 valence electrons. The molecular weight excluding hydrogens is 354 g/mol. The maximum atomic E-state index is 5.06. The number of aromatic nitrogens is 1. The highest BCUT2D eigenvalue weighted by atomic mass is 16.5. The Morgan fingerprint density at radius 1 is 1.07 bits per heavy atom. The van der Waals surface area contributed by atoms with E-state index in [0.717, 1.165) is 17.7 Å². The molecular formula is C27H35NO. The molecule has 0 unspecified atom stereocenters. The Kier molecular flexibility index (Phi) is 9.43. The van der Waals surface area contributed by atoms with Crippen LogP contribution in [0.15, 0.2) is 61.0 Å². The van der Waals surface area contributed by atoms with Crippen LogP contribution in [0.1, 0.15) is 61.9 Å². The summed E-state index contributed by atoms with van der Waals surface area (Å²) in [4.78, 5) is 4.91. The van der Waals surface area contributed by atoms with Crippen LogP contribution in [0.5, 0.6) is 0 Å². The van der Waals surface area contributed by atoms with Gasteiger partial charge in [0.15, 0.2) is 0 Å². The van der Waals surface area contributed by atoms with Gasteiger partial charge in [0.2, 0.25) is 0 Å². The third kappa shape index (κ3) is 6.74. The topological polar surface area (TPSA) is 22.1 Å². The Bertz CT molecular complexity index is 874. The van der Waals surface area contributed by atoms with E-state index < -0.39 is 0 Å². The van der Waals surface area contributed by atoms with Crippen molar-refractivity contribution in [1.29, 1.82) is 0 Å². The lowest BCUT2D eigenvalue weighted by molar-refractivity contribution is 0.338. The molecule has 0 spiro atoms. The minimum absolute atomic E-state index is 1.00. The number of hydrogen-bond donors (Lipinski definition) is 0. The molecule has 29 heavy (non-hydrogen) atoms. The molecule has 1 heterocycles. The highest BCUT2D eigenvalue weighted by Crippen LogP contribution is 2.31. The van der Waals surface area contributed by atoms with Gasteiger partial charge in [0, 0.05) is 17.3 Å². The van der Waals surface area contributed by atoms with Crippen molar-refractivity contribution in [3.8, 4) is 11.1 Å². The molecule has 0 radical (unpaired) electrons. The van der Waals surface area contributed by atoms with Gasteiger partial charge in [-0.1, -0.05) is 56.5 Å². The van der Waals surface area contributed by atoms with Gasteiger partial charge in [-0.2, -0.15) is 0 Å². The molecule has 0 aliphatic rings. The van der Waals surface area contributed by atoms with Gasteiger partial charge in [0.25, 0.3) is 0 Å². The second-order valence-electron chi connectivity index (χ2n) is 7.54. The van der Waals surface area contributed by atoms with E-state index in [9.17, 15) is 0 Å². The van der Waals surface area contributed by atoms with Gasteiger partial charge in [-0.3, -0.25) is 4.98 Å². The standard InChI is InChI=1S/C27H35NO/c1-6-8-9-10-13-23-19-26(25-16-15-21(3)22(4)18-25)27(28-20-23)24(12-7-2)14-11-17-29-5/h7,11-12,14-20H,6,8-10,13H2,1-5H3/b12-7-,17-11+,24-14+. The smallest absolute Gasteiger partial charge is 0.0824 e. The third-order valence-electron chi connectivity index (χ3n) is 5.19. The van der Waals surface area contributed by atoms with Crippen molar-refractivity contribution in [2.24, 2.45) is 0 Å².